The lowest BCUT2D eigenvalue weighted by molar-refractivity contribution is -0.0119. The van der Waals surface area contributed by atoms with Crippen LogP contribution in [-0.2, 0) is 6.54 Å². The number of nitrogens with one attached hydrogen (secondary N) is 1. The first-order valence-electron chi connectivity index (χ1n) is 6.78. The van der Waals surface area contributed by atoms with E-state index in [4.69, 9.17) is 0 Å². The van der Waals surface area contributed by atoms with Crippen molar-refractivity contribution < 1.29 is 10.2 Å². The molecule has 0 saturated heterocycles. The van der Waals surface area contributed by atoms with Gasteiger partial charge in [-0.3, -0.25) is 0 Å². The molecule has 1 aromatic carbocycles. The molecule has 1 aromatic rings. The molecule has 3 N–H and O–H groups in total. The molecule has 0 radical (unpaired) electrons. The smallest absolute Gasteiger partial charge is 0.115 e. The Balaban J connectivity index is 1.81. The monoisotopic (exact) mass is 249 g/mol. The summed E-state index contributed by atoms with van der Waals surface area (Å²) in [7, 11) is 0. The van der Waals surface area contributed by atoms with Gasteiger partial charge in [-0.1, -0.05) is 31.9 Å². The summed E-state index contributed by atoms with van der Waals surface area (Å²) < 4.78 is 0. The van der Waals surface area contributed by atoms with E-state index in [9.17, 15) is 10.2 Å². The third-order valence-electron chi connectivity index (χ3n) is 3.76. The molecule has 0 amide bonds. The zero-order valence-corrected chi connectivity index (χ0v) is 11.0. The minimum atomic E-state index is -0.547. The summed E-state index contributed by atoms with van der Waals surface area (Å²) in [5.41, 5.74) is 0.497. The minimum absolute atomic E-state index is 0.291. The number of phenolic OH excluding ortho intramolecular Hbond substituents is 1. The standard InChI is InChI=1S/C15H23NO2/c1-12-4-3-7-15(18,9-12)11-16-10-13-5-2-6-14(17)8-13/h2,5-6,8,12,16-18H,3-4,7,9-11H2,1H3. The maximum Gasteiger partial charge on any atom is 0.115 e. The van der Waals surface area contributed by atoms with Crippen LogP contribution in [0.15, 0.2) is 24.3 Å². The summed E-state index contributed by atoms with van der Waals surface area (Å²) in [6.07, 6.45) is 4.13. The quantitative estimate of drug-likeness (QED) is 0.768. The lowest BCUT2D eigenvalue weighted by atomic mass is 9.79. The molecule has 1 aliphatic carbocycles. The molecule has 0 heterocycles. The van der Waals surface area contributed by atoms with Crippen LogP contribution in [0.2, 0.25) is 0 Å². The van der Waals surface area contributed by atoms with E-state index in [-0.39, 0.29) is 0 Å². The first-order chi connectivity index (χ1) is 8.57. The van der Waals surface area contributed by atoms with Crippen LogP contribution in [0.4, 0.5) is 0 Å². The average molecular weight is 249 g/mol. The average Bonchev–Trinajstić information content (AvgIpc) is 2.28. The number of rotatable bonds is 4. The van der Waals surface area contributed by atoms with Crippen LogP contribution < -0.4 is 5.32 Å². The lowest BCUT2D eigenvalue weighted by Crippen LogP contribution is -2.43. The van der Waals surface area contributed by atoms with Gasteiger partial charge in [-0.25, -0.2) is 0 Å². The summed E-state index contributed by atoms with van der Waals surface area (Å²) in [6.45, 7) is 3.53. The van der Waals surface area contributed by atoms with E-state index in [0.29, 0.717) is 24.8 Å². The van der Waals surface area contributed by atoms with Gasteiger partial charge in [-0.15, -0.1) is 0 Å². The van der Waals surface area contributed by atoms with E-state index in [2.05, 4.69) is 12.2 Å². The lowest BCUT2D eigenvalue weighted by Gasteiger charge is -2.35. The molecule has 0 aliphatic heterocycles. The third-order valence-corrected chi connectivity index (χ3v) is 3.76. The SMILES string of the molecule is CC1CCCC(O)(CNCc2cccc(O)c2)C1. The second-order valence-corrected chi connectivity index (χ2v) is 5.70. The van der Waals surface area contributed by atoms with Crippen molar-refractivity contribution in [3.63, 3.8) is 0 Å². The molecule has 1 aliphatic rings. The molecular weight excluding hydrogens is 226 g/mol. The fraction of sp³-hybridized carbons (Fsp3) is 0.600. The highest BCUT2D eigenvalue weighted by Crippen LogP contribution is 2.31. The Bertz CT molecular complexity index is 394. The number of phenols is 1. The minimum Gasteiger partial charge on any atom is -0.508 e. The molecule has 2 atom stereocenters. The molecule has 0 bridgehead atoms. The van der Waals surface area contributed by atoms with Crippen molar-refractivity contribution in [3.8, 4) is 5.75 Å². The normalized spacial score (nSPS) is 28.2. The van der Waals surface area contributed by atoms with Crippen molar-refractivity contribution in [1.29, 1.82) is 0 Å². The number of hydrogen-bond donors (Lipinski definition) is 3. The van der Waals surface area contributed by atoms with E-state index >= 15 is 0 Å². The second-order valence-electron chi connectivity index (χ2n) is 5.70. The summed E-state index contributed by atoms with van der Waals surface area (Å²) in [5, 5.41) is 23.1. The molecule has 0 aromatic heterocycles. The van der Waals surface area contributed by atoms with Crippen molar-refractivity contribution in [2.45, 2.75) is 44.8 Å². The zero-order valence-electron chi connectivity index (χ0n) is 11.0. The van der Waals surface area contributed by atoms with E-state index in [1.165, 1.54) is 6.42 Å². The Morgan fingerprint density at radius 2 is 2.28 bits per heavy atom. The van der Waals surface area contributed by atoms with Gasteiger partial charge in [0.05, 0.1) is 5.60 Å². The maximum atomic E-state index is 10.5. The van der Waals surface area contributed by atoms with Crippen molar-refractivity contribution in [1.82, 2.24) is 5.32 Å². The fourth-order valence-electron chi connectivity index (χ4n) is 2.90. The first-order valence-corrected chi connectivity index (χ1v) is 6.78. The van der Waals surface area contributed by atoms with Gasteiger partial charge < -0.3 is 15.5 Å². The zero-order chi connectivity index (χ0) is 13.0. The van der Waals surface area contributed by atoms with E-state index in [1.54, 1.807) is 12.1 Å². The predicted octanol–water partition coefficient (Wildman–Crippen LogP) is 2.42. The highest BCUT2D eigenvalue weighted by atomic mass is 16.3. The van der Waals surface area contributed by atoms with Gasteiger partial charge in [-0.2, -0.15) is 0 Å². The van der Waals surface area contributed by atoms with Gasteiger partial charge in [0.15, 0.2) is 0 Å². The molecule has 2 unspecified atom stereocenters. The van der Waals surface area contributed by atoms with Crippen LogP contribution in [0.1, 0.15) is 38.2 Å². The van der Waals surface area contributed by atoms with Gasteiger partial charge in [-0.05, 0) is 36.5 Å². The molecule has 3 heteroatoms. The fourth-order valence-corrected chi connectivity index (χ4v) is 2.90. The highest BCUT2D eigenvalue weighted by molar-refractivity contribution is 5.26. The summed E-state index contributed by atoms with van der Waals surface area (Å²) >= 11 is 0. The second kappa shape index (κ2) is 5.72. The van der Waals surface area contributed by atoms with Crippen LogP contribution >= 0.6 is 0 Å². The molecule has 0 spiro atoms. The molecule has 100 valence electrons. The molecule has 1 fully saturated rings. The maximum absolute atomic E-state index is 10.5. The van der Waals surface area contributed by atoms with Crippen molar-refractivity contribution >= 4 is 0 Å². The molecule has 2 rings (SSSR count). The van der Waals surface area contributed by atoms with E-state index in [1.807, 2.05) is 12.1 Å². The highest BCUT2D eigenvalue weighted by Gasteiger charge is 2.31. The molecule has 1 saturated carbocycles. The predicted molar refractivity (Wildman–Crippen MR) is 72.4 cm³/mol. The number of benzene rings is 1. The Morgan fingerprint density at radius 1 is 1.44 bits per heavy atom. The third kappa shape index (κ3) is 3.72. The van der Waals surface area contributed by atoms with Crippen LogP contribution in [0.25, 0.3) is 0 Å². The summed E-state index contributed by atoms with van der Waals surface area (Å²) in [6, 6.07) is 7.23. The Kier molecular flexibility index (Phi) is 4.25. The van der Waals surface area contributed by atoms with Crippen LogP contribution in [0.3, 0.4) is 0 Å². The molecule has 3 nitrogen and oxygen atoms in total. The molecule has 18 heavy (non-hydrogen) atoms. The van der Waals surface area contributed by atoms with Gasteiger partial charge >= 0.3 is 0 Å². The summed E-state index contributed by atoms with van der Waals surface area (Å²) in [5.74, 6) is 0.908. The van der Waals surface area contributed by atoms with E-state index < -0.39 is 5.60 Å². The van der Waals surface area contributed by atoms with Gasteiger partial charge in [0, 0.05) is 13.1 Å². The number of aliphatic hydroxyl groups is 1. The van der Waals surface area contributed by atoms with Gasteiger partial charge in [0.1, 0.15) is 5.75 Å². The van der Waals surface area contributed by atoms with Gasteiger partial charge in [0.2, 0.25) is 0 Å². The Hall–Kier alpha value is -1.06. The van der Waals surface area contributed by atoms with Crippen LogP contribution in [-0.4, -0.2) is 22.4 Å². The number of aromatic hydroxyl groups is 1. The topological polar surface area (TPSA) is 52.5 Å². The Morgan fingerprint density at radius 3 is 3.00 bits per heavy atom. The summed E-state index contributed by atoms with van der Waals surface area (Å²) in [4.78, 5) is 0. The van der Waals surface area contributed by atoms with Crippen LogP contribution in [0.5, 0.6) is 5.75 Å². The Labute approximate surface area is 109 Å². The van der Waals surface area contributed by atoms with Crippen molar-refractivity contribution in [3.05, 3.63) is 29.8 Å². The largest absolute Gasteiger partial charge is 0.508 e. The van der Waals surface area contributed by atoms with Crippen LogP contribution in [0, 0.1) is 5.92 Å². The van der Waals surface area contributed by atoms with Crippen molar-refractivity contribution in [2.75, 3.05) is 6.54 Å². The number of hydrogen-bond acceptors (Lipinski definition) is 3. The van der Waals surface area contributed by atoms with Gasteiger partial charge in [0.25, 0.3) is 0 Å². The van der Waals surface area contributed by atoms with E-state index in [0.717, 1.165) is 24.8 Å². The first kappa shape index (κ1) is 13.4. The molecular formula is C15H23NO2. The van der Waals surface area contributed by atoms with Crippen molar-refractivity contribution in [2.24, 2.45) is 5.92 Å².